The summed E-state index contributed by atoms with van der Waals surface area (Å²) in [5, 5.41) is 36.8. The van der Waals surface area contributed by atoms with Crippen LogP contribution in [0.1, 0.15) is 64.4 Å². The Morgan fingerprint density at radius 3 is 1.96 bits per heavy atom. The lowest BCUT2D eigenvalue weighted by Gasteiger charge is -2.30. The van der Waals surface area contributed by atoms with Crippen molar-refractivity contribution in [3.05, 3.63) is 29.8 Å². The Labute approximate surface area is 290 Å². The zero-order valence-electron chi connectivity index (χ0n) is 28.4. The third-order valence-corrected chi connectivity index (χ3v) is 8.82. The Bertz CT molecular complexity index is 1410. The second-order valence-electron chi connectivity index (χ2n) is 13.2. The molecule has 50 heavy (non-hydrogen) atoms. The highest BCUT2D eigenvalue weighted by Crippen LogP contribution is 2.22. The number of carbonyl (C=O) groups is 7. The Morgan fingerprint density at radius 1 is 0.840 bits per heavy atom. The summed E-state index contributed by atoms with van der Waals surface area (Å²) in [6.45, 7) is 3.36. The van der Waals surface area contributed by atoms with Gasteiger partial charge in [0.1, 0.15) is 36.0 Å². The van der Waals surface area contributed by atoms with Gasteiger partial charge in [0.2, 0.25) is 35.4 Å². The minimum absolute atomic E-state index is 0.0299. The number of carbonyl (C=O) groups excluding carboxylic acids is 6. The number of amides is 6. The van der Waals surface area contributed by atoms with E-state index in [-0.39, 0.29) is 49.8 Å². The smallest absolute Gasteiger partial charge is 0.326 e. The predicted octanol–water partition coefficient (Wildman–Crippen LogP) is -1.91. The van der Waals surface area contributed by atoms with Crippen LogP contribution in [0.15, 0.2) is 24.3 Å². The normalized spacial score (nSPS) is 19.7. The van der Waals surface area contributed by atoms with E-state index in [0.717, 1.165) is 4.90 Å². The Kier molecular flexibility index (Phi) is 14.5. The standard InChI is InChI=1S/C33H49N7O10/c1-18(2)15-21(34)31(47)39-13-3-5-25(39)30(46)37-23(16-19-7-9-20(42)10-8-19)28(44)38-24(17-41)29(45)36-22(11-12-27(35)43)32(48)40-14-4-6-26(40)33(49)50/h7-10,18,21-26,41-42H,3-6,11-17,34H2,1-2H3,(H2,35,43)(H,36,45)(H,37,46)(H,38,44)(H,49,50)/t21-,22-,23-,24-,25-,26-/m0/s1. The first kappa shape index (κ1) is 39.7. The van der Waals surface area contributed by atoms with Crippen molar-refractivity contribution in [2.75, 3.05) is 19.7 Å². The van der Waals surface area contributed by atoms with E-state index < -0.39 is 78.4 Å². The lowest BCUT2D eigenvalue weighted by Crippen LogP contribution is -2.60. The summed E-state index contributed by atoms with van der Waals surface area (Å²) in [4.78, 5) is 92.8. The van der Waals surface area contributed by atoms with Gasteiger partial charge in [0.05, 0.1) is 12.6 Å². The van der Waals surface area contributed by atoms with Crippen LogP contribution in [-0.2, 0) is 40.0 Å². The molecule has 0 aromatic heterocycles. The van der Waals surface area contributed by atoms with E-state index >= 15 is 0 Å². The van der Waals surface area contributed by atoms with Gasteiger partial charge < -0.3 is 52.5 Å². The maximum Gasteiger partial charge on any atom is 0.326 e. The summed E-state index contributed by atoms with van der Waals surface area (Å²) < 4.78 is 0. The van der Waals surface area contributed by atoms with E-state index in [1.165, 1.54) is 29.2 Å². The molecule has 2 saturated heterocycles. The Balaban J connectivity index is 1.79. The molecular weight excluding hydrogens is 654 g/mol. The molecule has 2 heterocycles. The van der Waals surface area contributed by atoms with Crippen LogP contribution in [0.4, 0.5) is 0 Å². The summed E-state index contributed by atoms with van der Waals surface area (Å²) in [6, 6.07) is -1.30. The van der Waals surface area contributed by atoms with E-state index in [4.69, 9.17) is 11.5 Å². The largest absolute Gasteiger partial charge is 0.508 e. The number of hydrogen-bond donors (Lipinski definition) is 8. The predicted molar refractivity (Wildman–Crippen MR) is 178 cm³/mol. The molecule has 0 aliphatic carbocycles. The van der Waals surface area contributed by atoms with Crippen molar-refractivity contribution in [3.63, 3.8) is 0 Å². The molecule has 2 aliphatic rings. The van der Waals surface area contributed by atoms with Crippen molar-refractivity contribution in [1.29, 1.82) is 0 Å². The van der Waals surface area contributed by atoms with Crippen LogP contribution in [0, 0.1) is 5.92 Å². The third-order valence-electron chi connectivity index (χ3n) is 8.82. The number of aliphatic carboxylic acids is 1. The highest BCUT2D eigenvalue weighted by molar-refractivity contribution is 5.97. The average molecular weight is 704 g/mol. The number of nitrogens with two attached hydrogens (primary N) is 2. The molecule has 276 valence electrons. The monoisotopic (exact) mass is 703 g/mol. The zero-order chi connectivity index (χ0) is 37.1. The number of likely N-dealkylation sites (tertiary alicyclic amines) is 2. The molecule has 2 aliphatic heterocycles. The number of carboxylic acid groups (broad SMARTS) is 1. The van der Waals surface area contributed by atoms with E-state index in [2.05, 4.69) is 16.0 Å². The second-order valence-corrected chi connectivity index (χ2v) is 13.2. The van der Waals surface area contributed by atoms with Crippen LogP contribution >= 0.6 is 0 Å². The third kappa shape index (κ3) is 10.9. The molecule has 17 nitrogen and oxygen atoms in total. The van der Waals surface area contributed by atoms with Gasteiger partial charge >= 0.3 is 5.97 Å². The van der Waals surface area contributed by atoms with E-state index in [9.17, 15) is 48.9 Å². The first-order valence-electron chi connectivity index (χ1n) is 16.8. The summed E-state index contributed by atoms with van der Waals surface area (Å²) >= 11 is 0. The topological polar surface area (TPSA) is 275 Å². The first-order valence-corrected chi connectivity index (χ1v) is 16.8. The van der Waals surface area contributed by atoms with Crippen LogP contribution in [0.25, 0.3) is 0 Å². The summed E-state index contributed by atoms with van der Waals surface area (Å²) in [5.74, 6) is -5.50. The zero-order valence-corrected chi connectivity index (χ0v) is 28.4. The Hall–Kier alpha value is -4.77. The average Bonchev–Trinajstić information content (AvgIpc) is 3.76. The number of rotatable bonds is 17. The number of nitrogens with zero attached hydrogens (tertiary/aromatic N) is 2. The molecule has 0 bridgehead atoms. The van der Waals surface area contributed by atoms with Gasteiger partial charge in [0.25, 0.3) is 0 Å². The highest BCUT2D eigenvalue weighted by Gasteiger charge is 2.40. The van der Waals surface area contributed by atoms with Crippen LogP contribution in [0.2, 0.25) is 0 Å². The number of phenols is 1. The van der Waals surface area contributed by atoms with Crippen LogP contribution < -0.4 is 27.4 Å². The SMILES string of the molecule is CC(C)C[C@H](N)C(=O)N1CCC[C@H]1C(=O)N[C@@H](Cc1ccc(O)cc1)C(=O)N[C@@H](CO)C(=O)N[C@@H](CCC(N)=O)C(=O)N1CCC[C@H]1C(=O)O. The van der Waals surface area contributed by atoms with Gasteiger partial charge in [-0.2, -0.15) is 0 Å². The number of benzene rings is 1. The molecule has 17 heteroatoms. The molecule has 3 rings (SSSR count). The number of primary amides is 1. The molecule has 0 unspecified atom stereocenters. The summed E-state index contributed by atoms with van der Waals surface area (Å²) in [5.41, 5.74) is 11.9. The van der Waals surface area contributed by atoms with Gasteiger partial charge in [0.15, 0.2) is 0 Å². The van der Waals surface area contributed by atoms with Gasteiger partial charge in [-0.1, -0.05) is 26.0 Å². The molecular formula is C33H49N7O10. The van der Waals surface area contributed by atoms with Gasteiger partial charge in [-0.3, -0.25) is 28.8 Å². The second kappa shape index (κ2) is 18.3. The number of aliphatic hydroxyl groups is 1. The van der Waals surface area contributed by atoms with Gasteiger partial charge in [-0.15, -0.1) is 0 Å². The minimum atomic E-state index is -1.63. The Morgan fingerprint density at radius 2 is 1.40 bits per heavy atom. The lowest BCUT2D eigenvalue weighted by molar-refractivity contribution is -0.149. The molecule has 0 radical (unpaired) electrons. The molecule has 10 N–H and O–H groups in total. The van der Waals surface area contributed by atoms with E-state index in [1.54, 1.807) is 0 Å². The minimum Gasteiger partial charge on any atom is -0.508 e. The quantitative estimate of drug-likeness (QED) is 0.0886. The molecule has 1 aromatic carbocycles. The van der Waals surface area contributed by atoms with Crippen molar-refractivity contribution in [3.8, 4) is 5.75 Å². The molecule has 1 aromatic rings. The number of aromatic hydroxyl groups is 1. The maximum atomic E-state index is 13.7. The number of nitrogens with one attached hydrogen (secondary N) is 3. The fraction of sp³-hybridized carbons (Fsp3) is 0.606. The van der Waals surface area contributed by atoms with Crippen molar-refractivity contribution >= 4 is 41.4 Å². The molecule has 2 fully saturated rings. The van der Waals surface area contributed by atoms with Crippen molar-refractivity contribution < 1.29 is 48.9 Å². The number of phenolic OH excluding ortho intramolecular Hbond substituents is 1. The van der Waals surface area contributed by atoms with Crippen LogP contribution in [0.5, 0.6) is 5.75 Å². The summed E-state index contributed by atoms with van der Waals surface area (Å²) in [7, 11) is 0. The van der Waals surface area contributed by atoms with Crippen molar-refractivity contribution in [2.24, 2.45) is 17.4 Å². The fourth-order valence-corrected chi connectivity index (χ4v) is 6.24. The lowest BCUT2D eigenvalue weighted by atomic mass is 10.0. The summed E-state index contributed by atoms with van der Waals surface area (Å²) in [6.07, 6.45) is 1.25. The van der Waals surface area contributed by atoms with Gasteiger partial charge in [-0.25, -0.2) is 4.79 Å². The number of aliphatic hydroxyl groups excluding tert-OH is 1. The number of carboxylic acids is 1. The van der Waals surface area contributed by atoms with Gasteiger partial charge in [-0.05, 0) is 62.1 Å². The first-order chi connectivity index (χ1) is 23.6. The van der Waals surface area contributed by atoms with Crippen LogP contribution in [-0.4, -0.2) is 122 Å². The van der Waals surface area contributed by atoms with E-state index in [0.29, 0.717) is 37.8 Å². The molecule has 0 saturated carbocycles. The van der Waals surface area contributed by atoms with Crippen LogP contribution in [0.3, 0.4) is 0 Å². The van der Waals surface area contributed by atoms with E-state index in [1.807, 2.05) is 13.8 Å². The van der Waals surface area contributed by atoms with Crippen molar-refractivity contribution in [1.82, 2.24) is 25.8 Å². The number of hydrogen-bond acceptors (Lipinski definition) is 10. The molecule has 0 spiro atoms. The molecule has 6 atom stereocenters. The molecule has 6 amide bonds. The highest BCUT2D eigenvalue weighted by atomic mass is 16.4. The maximum absolute atomic E-state index is 13.7. The van der Waals surface area contributed by atoms with Crippen molar-refractivity contribution in [2.45, 2.75) is 101 Å². The van der Waals surface area contributed by atoms with Gasteiger partial charge in [0, 0.05) is 25.9 Å². The fourth-order valence-electron chi connectivity index (χ4n) is 6.24.